The molecule has 6 nitrogen and oxygen atoms in total. The summed E-state index contributed by atoms with van der Waals surface area (Å²) in [6, 6.07) is 3.44. The lowest BCUT2D eigenvalue weighted by molar-refractivity contribution is 0.329. The van der Waals surface area contributed by atoms with E-state index in [4.69, 9.17) is 10.5 Å². The predicted molar refractivity (Wildman–Crippen MR) is 75.3 cm³/mol. The van der Waals surface area contributed by atoms with Crippen molar-refractivity contribution >= 4 is 21.3 Å². The first kappa shape index (κ1) is 13.9. The van der Waals surface area contributed by atoms with Crippen molar-refractivity contribution < 1.29 is 13.2 Å². The molecule has 0 saturated carbocycles. The number of hydrogen-bond acceptors (Lipinski definition) is 6. The Kier molecular flexibility index (Phi) is 3.84. The van der Waals surface area contributed by atoms with Crippen LogP contribution in [-0.2, 0) is 9.84 Å². The largest absolute Gasteiger partial charge is 0.476 e. The second-order valence-corrected chi connectivity index (χ2v) is 6.88. The number of nitrogen functional groups attached to an aromatic ring is 1. The maximum atomic E-state index is 11.6. The fraction of sp³-hybridized carbons (Fsp3) is 0.583. The first-order valence-electron chi connectivity index (χ1n) is 6.29. The molecule has 1 aliphatic rings. The molecule has 0 bridgehead atoms. The quantitative estimate of drug-likeness (QED) is 0.879. The summed E-state index contributed by atoms with van der Waals surface area (Å²) in [6.07, 6.45) is 0. The third kappa shape index (κ3) is 3.09. The van der Waals surface area contributed by atoms with E-state index in [9.17, 15) is 8.42 Å². The molecule has 0 aliphatic carbocycles. The van der Waals surface area contributed by atoms with E-state index >= 15 is 0 Å². The minimum absolute atomic E-state index is 0.0932. The minimum Gasteiger partial charge on any atom is -0.476 e. The fourth-order valence-electron chi connectivity index (χ4n) is 2.19. The number of anilines is 2. The van der Waals surface area contributed by atoms with Gasteiger partial charge in [-0.05, 0) is 26.0 Å². The summed E-state index contributed by atoms with van der Waals surface area (Å²) in [4.78, 5) is 6.34. The van der Waals surface area contributed by atoms with Gasteiger partial charge >= 0.3 is 0 Å². The maximum absolute atomic E-state index is 11.6. The predicted octanol–water partition coefficient (Wildman–Crippen LogP) is 0.686. The van der Waals surface area contributed by atoms with Gasteiger partial charge in [-0.3, -0.25) is 0 Å². The summed E-state index contributed by atoms with van der Waals surface area (Å²) in [5.74, 6) is 1.43. The minimum atomic E-state index is -2.93. The normalized spacial score (nSPS) is 22.2. The number of pyridine rings is 1. The first-order chi connectivity index (χ1) is 8.93. The number of sulfone groups is 1. The lowest BCUT2D eigenvalue weighted by Crippen LogP contribution is -2.47. The molecular formula is C12H19N3O3S. The van der Waals surface area contributed by atoms with E-state index in [1.54, 1.807) is 12.1 Å². The smallest absolute Gasteiger partial charge is 0.239 e. The standard InChI is InChI=1S/C12H19N3O3S/c1-3-18-12-10(13)4-5-11(14-12)15-6-7-19(16,17)8-9(15)2/h4-5,9H,3,6-8,13H2,1-2H3. The van der Waals surface area contributed by atoms with Gasteiger partial charge in [0, 0.05) is 12.6 Å². The highest BCUT2D eigenvalue weighted by Gasteiger charge is 2.29. The van der Waals surface area contributed by atoms with Gasteiger partial charge in [-0.2, -0.15) is 4.98 Å². The zero-order chi connectivity index (χ0) is 14.0. The van der Waals surface area contributed by atoms with Crippen LogP contribution in [0.2, 0.25) is 0 Å². The van der Waals surface area contributed by atoms with Crippen molar-refractivity contribution in [3.63, 3.8) is 0 Å². The second-order valence-electron chi connectivity index (χ2n) is 4.65. The zero-order valence-corrected chi connectivity index (χ0v) is 12.0. The van der Waals surface area contributed by atoms with Gasteiger partial charge in [0.25, 0.3) is 0 Å². The van der Waals surface area contributed by atoms with Crippen molar-refractivity contribution in [2.75, 3.05) is 35.3 Å². The third-order valence-electron chi connectivity index (χ3n) is 3.12. The molecule has 106 valence electrons. The van der Waals surface area contributed by atoms with Crippen LogP contribution >= 0.6 is 0 Å². The molecular weight excluding hydrogens is 266 g/mol. The number of rotatable bonds is 3. The molecule has 0 amide bonds. The number of hydrogen-bond donors (Lipinski definition) is 1. The van der Waals surface area contributed by atoms with Crippen LogP contribution < -0.4 is 15.4 Å². The van der Waals surface area contributed by atoms with Crippen molar-refractivity contribution in [1.29, 1.82) is 0 Å². The molecule has 0 spiro atoms. The average molecular weight is 285 g/mol. The van der Waals surface area contributed by atoms with Crippen LogP contribution in [0.4, 0.5) is 11.5 Å². The van der Waals surface area contributed by atoms with Gasteiger partial charge in [0.15, 0.2) is 9.84 Å². The summed E-state index contributed by atoms with van der Waals surface area (Å²) >= 11 is 0. The molecule has 7 heteroatoms. The highest BCUT2D eigenvalue weighted by Crippen LogP contribution is 2.26. The van der Waals surface area contributed by atoms with E-state index in [1.807, 2.05) is 18.7 Å². The van der Waals surface area contributed by atoms with E-state index in [1.165, 1.54) is 0 Å². The van der Waals surface area contributed by atoms with Crippen molar-refractivity contribution in [1.82, 2.24) is 4.98 Å². The van der Waals surface area contributed by atoms with Crippen molar-refractivity contribution in [3.8, 4) is 5.88 Å². The molecule has 19 heavy (non-hydrogen) atoms. The Hall–Kier alpha value is -1.50. The Bertz CT molecular complexity index is 559. The van der Waals surface area contributed by atoms with Gasteiger partial charge in [-0.15, -0.1) is 0 Å². The molecule has 0 radical (unpaired) electrons. The molecule has 0 aromatic carbocycles. The lowest BCUT2D eigenvalue weighted by Gasteiger charge is -2.34. The number of nitrogens with two attached hydrogens (primary N) is 1. The van der Waals surface area contributed by atoms with E-state index in [-0.39, 0.29) is 17.5 Å². The molecule has 1 saturated heterocycles. The van der Waals surface area contributed by atoms with Gasteiger partial charge in [0.05, 0.1) is 23.8 Å². The molecule has 1 atom stereocenters. The second kappa shape index (κ2) is 5.24. The molecule has 2 N–H and O–H groups in total. The molecule has 1 aliphatic heterocycles. The van der Waals surface area contributed by atoms with Crippen molar-refractivity contribution in [2.24, 2.45) is 0 Å². The van der Waals surface area contributed by atoms with E-state index in [0.29, 0.717) is 30.5 Å². The molecule has 1 aromatic rings. The zero-order valence-electron chi connectivity index (χ0n) is 11.2. The van der Waals surface area contributed by atoms with Gasteiger partial charge in [-0.1, -0.05) is 0 Å². The fourth-order valence-corrected chi connectivity index (χ4v) is 3.75. The Balaban J connectivity index is 2.25. The number of aromatic nitrogens is 1. The summed E-state index contributed by atoms with van der Waals surface area (Å²) < 4.78 is 28.5. The van der Waals surface area contributed by atoms with Gasteiger partial charge in [0.2, 0.25) is 5.88 Å². The molecule has 2 heterocycles. The van der Waals surface area contributed by atoms with Crippen LogP contribution in [0.5, 0.6) is 5.88 Å². The van der Waals surface area contributed by atoms with Crippen LogP contribution in [0.3, 0.4) is 0 Å². The Morgan fingerprint density at radius 2 is 2.26 bits per heavy atom. The van der Waals surface area contributed by atoms with Crippen molar-refractivity contribution in [3.05, 3.63) is 12.1 Å². The number of nitrogens with zero attached hydrogens (tertiary/aromatic N) is 2. The van der Waals surface area contributed by atoms with E-state index in [0.717, 1.165) is 0 Å². The molecule has 2 rings (SSSR count). The van der Waals surface area contributed by atoms with Crippen LogP contribution in [0.1, 0.15) is 13.8 Å². The lowest BCUT2D eigenvalue weighted by atomic mass is 10.3. The average Bonchev–Trinajstić information content (AvgIpc) is 2.32. The summed E-state index contributed by atoms with van der Waals surface area (Å²) in [6.45, 7) is 4.69. The Labute approximate surface area is 113 Å². The SMILES string of the molecule is CCOc1nc(N2CCS(=O)(=O)CC2C)ccc1N. The molecule has 1 unspecified atom stereocenters. The van der Waals surface area contributed by atoms with E-state index < -0.39 is 9.84 Å². The summed E-state index contributed by atoms with van der Waals surface area (Å²) in [5.41, 5.74) is 6.27. The topological polar surface area (TPSA) is 85.5 Å². The first-order valence-corrected chi connectivity index (χ1v) is 8.11. The van der Waals surface area contributed by atoms with Crippen LogP contribution in [-0.4, -0.2) is 44.1 Å². The van der Waals surface area contributed by atoms with Gasteiger partial charge < -0.3 is 15.4 Å². The third-order valence-corrected chi connectivity index (χ3v) is 4.92. The van der Waals surface area contributed by atoms with Gasteiger partial charge in [0.1, 0.15) is 5.82 Å². The van der Waals surface area contributed by atoms with Gasteiger partial charge in [-0.25, -0.2) is 8.42 Å². The Morgan fingerprint density at radius 3 is 2.89 bits per heavy atom. The summed E-state index contributed by atoms with van der Waals surface area (Å²) in [5, 5.41) is 0. The maximum Gasteiger partial charge on any atom is 0.239 e. The molecule has 1 fully saturated rings. The Morgan fingerprint density at radius 1 is 1.53 bits per heavy atom. The highest BCUT2D eigenvalue weighted by atomic mass is 32.2. The summed E-state index contributed by atoms with van der Waals surface area (Å²) in [7, 11) is -2.93. The van der Waals surface area contributed by atoms with Crippen LogP contribution in [0.15, 0.2) is 12.1 Å². The van der Waals surface area contributed by atoms with E-state index in [2.05, 4.69) is 4.98 Å². The highest BCUT2D eigenvalue weighted by molar-refractivity contribution is 7.91. The van der Waals surface area contributed by atoms with Crippen LogP contribution in [0.25, 0.3) is 0 Å². The number of ether oxygens (including phenoxy) is 1. The van der Waals surface area contributed by atoms with Crippen LogP contribution in [0, 0.1) is 0 Å². The molecule has 1 aromatic heterocycles. The monoisotopic (exact) mass is 285 g/mol. The van der Waals surface area contributed by atoms with Crippen molar-refractivity contribution in [2.45, 2.75) is 19.9 Å².